The summed E-state index contributed by atoms with van der Waals surface area (Å²) < 4.78 is 56.2. The van der Waals surface area contributed by atoms with Gasteiger partial charge in [-0.3, -0.25) is 13.7 Å². The first kappa shape index (κ1) is 16.6. The highest BCUT2D eigenvalue weighted by Gasteiger charge is 2.53. The average Bonchev–Trinajstić information content (AvgIpc) is 2.14. The Bertz CT molecular complexity index is 341. The molecule has 1 fully saturated rings. The molecule has 18 heavy (non-hydrogen) atoms. The molecule has 0 aromatic rings. The molecule has 0 amide bonds. The molecule has 10 heteroatoms. The van der Waals surface area contributed by atoms with Gasteiger partial charge >= 0.3 is 23.0 Å². The molecule has 0 N–H and O–H groups in total. The fourth-order valence-corrected chi connectivity index (χ4v) is 9.67. The van der Waals surface area contributed by atoms with Crippen LogP contribution in [0.15, 0.2) is 0 Å². The highest BCUT2D eigenvalue weighted by molar-refractivity contribution is 7.78. The normalized spacial score (nSPS) is 40.8. The van der Waals surface area contributed by atoms with Crippen molar-refractivity contribution in [1.29, 1.82) is 0 Å². The van der Waals surface area contributed by atoms with Crippen molar-refractivity contribution in [2.45, 2.75) is 33.6 Å². The van der Waals surface area contributed by atoms with Crippen molar-refractivity contribution >= 4 is 23.0 Å². The SMILES string of the molecule is CCCP1(=O)OP(=O)(CCC)OP(=O)(OCC)O1. The lowest BCUT2D eigenvalue weighted by molar-refractivity contribution is 0.184. The fourth-order valence-electron chi connectivity index (χ4n) is 1.46. The van der Waals surface area contributed by atoms with Crippen molar-refractivity contribution in [1.82, 2.24) is 0 Å². The maximum Gasteiger partial charge on any atom is 0.489 e. The molecule has 0 aromatic carbocycles. The van der Waals surface area contributed by atoms with E-state index in [1.165, 1.54) is 0 Å². The highest BCUT2D eigenvalue weighted by Crippen LogP contribution is 2.82. The second-order valence-electron chi connectivity index (χ2n) is 3.78. The van der Waals surface area contributed by atoms with E-state index in [2.05, 4.69) is 0 Å². The Balaban J connectivity index is 3.03. The molecule has 2 unspecified atom stereocenters. The van der Waals surface area contributed by atoms with Gasteiger partial charge < -0.3 is 0 Å². The van der Waals surface area contributed by atoms with Crippen LogP contribution >= 0.6 is 23.0 Å². The molecule has 2 atom stereocenters. The van der Waals surface area contributed by atoms with E-state index in [0.717, 1.165) is 0 Å². The topological polar surface area (TPSA) is 88.1 Å². The van der Waals surface area contributed by atoms with Crippen LogP contribution in [0.1, 0.15) is 33.6 Å². The number of rotatable bonds is 6. The third-order valence-corrected chi connectivity index (χ3v) is 10.1. The summed E-state index contributed by atoms with van der Waals surface area (Å²) in [5.74, 6) is 0. The van der Waals surface area contributed by atoms with Crippen LogP contribution < -0.4 is 0 Å². The third-order valence-electron chi connectivity index (χ3n) is 1.98. The summed E-state index contributed by atoms with van der Waals surface area (Å²) >= 11 is 0. The smallest absolute Gasteiger partial charge is 0.287 e. The largest absolute Gasteiger partial charge is 0.489 e. The number of hydrogen-bond acceptors (Lipinski definition) is 7. The maximum atomic E-state index is 12.3. The summed E-state index contributed by atoms with van der Waals surface area (Å²) in [4.78, 5) is 0. The lowest BCUT2D eigenvalue weighted by Gasteiger charge is -2.32. The van der Waals surface area contributed by atoms with Crippen molar-refractivity contribution < 1.29 is 31.2 Å². The first-order chi connectivity index (χ1) is 8.30. The first-order valence-electron chi connectivity index (χ1n) is 5.87. The Morgan fingerprint density at radius 3 is 1.61 bits per heavy atom. The predicted octanol–water partition coefficient (Wildman–Crippen LogP) is 4.40. The molecule has 1 heterocycles. The van der Waals surface area contributed by atoms with E-state index in [-0.39, 0.29) is 18.9 Å². The third kappa shape index (κ3) is 4.28. The molecule has 1 rings (SSSR count). The van der Waals surface area contributed by atoms with E-state index in [1.807, 2.05) is 0 Å². The average molecular weight is 320 g/mol. The van der Waals surface area contributed by atoms with Crippen LogP contribution in [0.5, 0.6) is 0 Å². The van der Waals surface area contributed by atoms with E-state index in [9.17, 15) is 13.7 Å². The minimum absolute atomic E-state index is 0.0289. The minimum atomic E-state index is -4.07. The summed E-state index contributed by atoms with van der Waals surface area (Å²) in [5.41, 5.74) is 0. The van der Waals surface area contributed by atoms with E-state index in [1.54, 1.807) is 20.8 Å². The highest BCUT2D eigenvalue weighted by atomic mass is 31.3. The van der Waals surface area contributed by atoms with Gasteiger partial charge in [-0.15, -0.1) is 0 Å². The molecule has 7 nitrogen and oxygen atoms in total. The molecule has 0 saturated carbocycles. The molecular weight excluding hydrogens is 301 g/mol. The zero-order chi connectivity index (χ0) is 13.9. The second kappa shape index (κ2) is 6.32. The first-order valence-corrected chi connectivity index (χ1v) is 10.8. The zero-order valence-electron chi connectivity index (χ0n) is 10.7. The van der Waals surface area contributed by atoms with Gasteiger partial charge in [-0.2, -0.15) is 0 Å². The number of hydrogen-bond donors (Lipinski definition) is 0. The Morgan fingerprint density at radius 2 is 1.28 bits per heavy atom. The lowest BCUT2D eigenvalue weighted by Crippen LogP contribution is -2.10. The maximum absolute atomic E-state index is 12.3. The van der Waals surface area contributed by atoms with Crippen LogP contribution in [0.4, 0.5) is 0 Å². The van der Waals surface area contributed by atoms with E-state index < -0.39 is 23.0 Å². The van der Waals surface area contributed by atoms with E-state index in [4.69, 9.17) is 17.5 Å². The molecule has 108 valence electrons. The van der Waals surface area contributed by atoms with Crippen LogP contribution in [0.3, 0.4) is 0 Å². The molecular formula is C8H19O7P3. The molecule has 0 aliphatic carbocycles. The standard InChI is InChI=1S/C8H19O7P3/c1-4-7-16(9)13-17(10,8-5-2)15-18(11,14-16)12-6-3/h4-8H2,1-3H3. The van der Waals surface area contributed by atoms with Gasteiger partial charge in [0.1, 0.15) is 0 Å². The molecule has 0 bridgehead atoms. The summed E-state index contributed by atoms with van der Waals surface area (Å²) in [6, 6.07) is 0. The quantitative estimate of drug-likeness (QED) is 0.670. The molecule has 1 aliphatic heterocycles. The molecule has 0 spiro atoms. The van der Waals surface area contributed by atoms with Crippen molar-refractivity contribution in [3.63, 3.8) is 0 Å². The second-order valence-corrected chi connectivity index (χ2v) is 10.2. The van der Waals surface area contributed by atoms with Crippen LogP contribution in [-0.2, 0) is 31.2 Å². The van der Waals surface area contributed by atoms with Gasteiger partial charge in [-0.1, -0.05) is 13.8 Å². The Morgan fingerprint density at radius 1 is 0.833 bits per heavy atom. The Kier molecular flexibility index (Phi) is 5.82. The van der Waals surface area contributed by atoms with Crippen molar-refractivity contribution in [2.24, 2.45) is 0 Å². The molecule has 0 aromatic heterocycles. The van der Waals surface area contributed by atoms with Crippen LogP contribution in [0, 0.1) is 0 Å². The fraction of sp³-hybridized carbons (Fsp3) is 1.00. The van der Waals surface area contributed by atoms with Gasteiger partial charge in [0.05, 0.1) is 18.9 Å². The van der Waals surface area contributed by atoms with Gasteiger partial charge in [0.15, 0.2) is 0 Å². The minimum Gasteiger partial charge on any atom is -0.287 e. The summed E-state index contributed by atoms with van der Waals surface area (Å²) in [6.07, 6.45) is 1.02. The Labute approximate surface area is 107 Å². The van der Waals surface area contributed by atoms with Gasteiger partial charge in [0.25, 0.3) is 0 Å². The van der Waals surface area contributed by atoms with Gasteiger partial charge in [0.2, 0.25) is 0 Å². The molecule has 0 radical (unpaired) electrons. The van der Waals surface area contributed by atoms with Crippen LogP contribution in [-0.4, -0.2) is 18.9 Å². The van der Waals surface area contributed by atoms with Gasteiger partial charge in [0, 0.05) is 0 Å². The van der Waals surface area contributed by atoms with E-state index >= 15 is 0 Å². The summed E-state index contributed by atoms with van der Waals surface area (Å²) in [6.45, 7) is 5.14. The van der Waals surface area contributed by atoms with Crippen molar-refractivity contribution in [3.05, 3.63) is 0 Å². The van der Waals surface area contributed by atoms with Gasteiger partial charge in [-0.05, 0) is 19.8 Å². The van der Waals surface area contributed by atoms with Crippen LogP contribution in [0.2, 0.25) is 0 Å². The Hall–Kier alpha value is 0.530. The molecule has 1 saturated heterocycles. The van der Waals surface area contributed by atoms with Gasteiger partial charge in [-0.25, -0.2) is 17.5 Å². The van der Waals surface area contributed by atoms with Crippen molar-refractivity contribution in [3.8, 4) is 0 Å². The van der Waals surface area contributed by atoms with Crippen LogP contribution in [0.25, 0.3) is 0 Å². The number of phosphoric acid groups is 1. The zero-order valence-corrected chi connectivity index (χ0v) is 13.4. The predicted molar refractivity (Wildman–Crippen MR) is 68.0 cm³/mol. The monoisotopic (exact) mass is 320 g/mol. The van der Waals surface area contributed by atoms with E-state index in [0.29, 0.717) is 12.8 Å². The molecule has 1 aliphatic rings. The summed E-state index contributed by atoms with van der Waals surface area (Å²) in [5, 5.41) is 0. The van der Waals surface area contributed by atoms with Crippen molar-refractivity contribution in [2.75, 3.05) is 18.9 Å². The lowest BCUT2D eigenvalue weighted by atomic mass is 10.6. The summed E-state index contributed by atoms with van der Waals surface area (Å²) in [7, 11) is -11.5.